The molecule has 4 aromatic rings. The van der Waals surface area contributed by atoms with Crippen molar-refractivity contribution in [1.29, 1.82) is 10.7 Å². The second kappa shape index (κ2) is 7.66. The first kappa shape index (κ1) is 17.9. The van der Waals surface area contributed by atoms with E-state index >= 15 is 0 Å². The first-order valence-corrected chi connectivity index (χ1v) is 8.79. The number of oxazole rings is 1. The normalized spacial score (nSPS) is 11.2. The van der Waals surface area contributed by atoms with E-state index in [1.54, 1.807) is 24.3 Å². The average Bonchev–Trinajstić information content (AvgIpc) is 3.18. The summed E-state index contributed by atoms with van der Waals surface area (Å²) in [5.74, 6) is 0.116. The summed E-state index contributed by atoms with van der Waals surface area (Å²) in [6.45, 7) is 0. The van der Waals surface area contributed by atoms with Gasteiger partial charge in [-0.25, -0.2) is 4.98 Å². The van der Waals surface area contributed by atoms with E-state index in [9.17, 15) is 0 Å². The zero-order chi connectivity index (χ0) is 20.2. The molecule has 0 fully saturated rings. The fourth-order valence-corrected chi connectivity index (χ4v) is 2.82. The van der Waals surface area contributed by atoms with E-state index in [1.807, 2.05) is 42.5 Å². The lowest BCUT2D eigenvalue weighted by Gasteiger charge is -2.02. The Balaban J connectivity index is 1.59. The van der Waals surface area contributed by atoms with Crippen LogP contribution in [0.2, 0.25) is 0 Å². The van der Waals surface area contributed by atoms with E-state index in [0.717, 1.165) is 16.7 Å². The number of aromatic nitrogens is 1. The Labute approximate surface area is 166 Å². The van der Waals surface area contributed by atoms with Crippen LogP contribution in [0.5, 0.6) is 0 Å². The molecule has 7 nitrogen and oxygen atoms in total. The summed E-state index contributed by atoms with van der Waals surface area (Å²) in [4.78, 5) is 4.54. The zero-order valence-corrected chi connectivity index (χ0v) is 15.3. The van der Waals surface area contributed by atoms with Crippen molar-refractivity contribution in [3.8, 4) is 28.7 Å². The topological polar surface area (TPSA) is 124 Å². The molecule has 0 atom stereocenters. The minimum atomic E-state index is -0.399. The number of hydrazone groups is 1. The first-order chi connectivity index (χ1) is 14.1. The molecule has 0 radical (unpaired) electrons. The highest BCUT2D eigenvalue weighted by Gasteiger charge is 2.10. The van der Waals surface area contributed by atoms with Crippen molar-refractivity contribution in [2.75, 3.05) is 5.43 Å². The van der Waals surface area contributed by atoms with Crippen LogP contribution < -0.4 is 11.2 Å². The minimum Gasteiger partial charge on any atom is -0.436 e. The van der Waals surface area contributed by atoms with Gasteiger partial charge >= 0.3 is 0 Å². The summed E-state index contributed by atoms with van der Waals surface area (Å²) in [6.07, 6.45) is 0. The van der Waals surface area contributed by atoms with Crippen LogP contribution >= 0.6 is 0 Å². The number of nitrogens with two attached hydrogens (primary N) is 1. The van der Waals surface area contributed by atoms with Crippen molar-refractivity contribution in [2.45, 2.75) is 0 Å². The Morgan fingerprint density at radius 1 is 1.00 bits per heavy atom. The Hall–Kier alpha value is -4.44. The second-order valence-electron chi connectivity index (χ2n) is 6.24. The molecular weight excluding hydrogens is 364 g/mol. The van der Waals surface area contributed by atoms with Gasteiger partial charge in [-0.05, 0) is 41.5 Å². The molecule has 140 valence electrons. The molecule has 7 heteroatoms. The molecule has 4 N–H and O–H groups in total. The maximum Gasteiger partial charge on any atom is 0.227 e. The van der Waals surface area contributed by atoms with Gasteiger partial charge in [-0.2, -0.15) is 10.4 Å². The maximum atomic E-state index is 8.90. The van der Waals surface area contributed by atoms with Crippen molar-refractivity contribution < 1.29 is 4.42 Å². The standard InChI is InChI=1S/C22H16N6O/c23-13-19(21(24)25)28-27-17-10-11-20-18(12-17)26-22(29-20)16-8-6-15(7-9-16)14-4-2-1-3-5-14/h1-12,27H,(H3,24,25)/b28-19+. The molecule has 0 unspecified atom stereocenters. The smallest absolute Gasteiger partial charge is 0.227 e. The highest BCUT2D eigenvalue weighted by molar-refractivity contribution is 6.45. The van der Waals surface area contributed by atoms with Gasteiger partial charge in [0.05, 0.1) is 5.69 Å². The molecule has 0 aliphatic rings. The third-order valence-corrected chi connectivity index (χ3v) is 4.28. The number of nitrogens with one attached hydrogen (secondary N) is 2. The van der Waals surface area contributed by atoms with E-state index in [0.29, 0.717) is 22.7 Å². The summed E-state index contributed by atoms with van der Waals surface area (Å²) in [5, 5.41) is 20.0. The van der Waals surface area contributed by atoms with Gasteiger partial charge in [0.1, 0.15) is 11.6 Å². The molecule has 4 rings (SSSR count). The van der Waals surface area contributed by atoms with Gasteiger partial charge in [0, 0.05) is 5.56 Å². The summed E-state index contributed by atoms with van der Waals surface area (Å²) in [5.41, 5.74) is 12.8. The number of hydrogen-bond acceptors (Lipinski definition) is 6. The van der Waals surface area contributed by atoms with E-state index in [1.165, 1.54) is 0 Å². The Bertz CT molecular complexity index is 1250. The molecule has 0 aliphatic carbocycles. The van der Waals surface area contributed by atoms with Crippen LogP contribution in [-0.4, -0.2) is 16.5 Å². The Morgan fingerprint density at radius 3 is 2.38 bits per heavy atom. The molecule has 0 amide bonds. The van der Waals surface area contributed by atoms with Crippen LogP contribution in [0.4, 0.5) is 5.69 Å². The zero-order valence-electron chi connectivity index (χ0n) is 15.3. The number of nitrogens with zero attached hydrogens (tertiary/aromatic N) is 3. The first-order valence-electron chi connectivity index (χ1n) is 8.79. The molecule has 3 aromatic carbocycles. The number of nitriles is 1. The van der Waals surface area contributed by atoms with Gasteiger partial charge in [0.25, 0.3) is 0 Å². The lowest BCUT2D eigenvalue weighted by Crippen LogP contribution is -2.21. The summed E-state index contributed by atoms with van der Waals surface area (Å²) in [6, 6.07) is 25.2. The lowest BCUT2D eigenvalue weighted by atomic mass is 10.0. The molecule has 0 saturated carbocycles. The molecule has 1 aromatic heterocycles. The number of anilines is 1. The Morgan fingerprint density at radius 2 is 1.69 bits per heavy atom. The van der Waals surface area contributed by atoms with Crippen LogP contribution in [0, 0.1) is 16.7 Å². The second-order valence-corrected chi connectivity index (χ2v) is 6.24. The number of benzene rings is 3. The van der Waals surface area contributed by atoms with Crippen LogP contribution in [0.15, 0.2) is 82.3 Å². The van der Waals surface area contributed by atoms with Crippen molar-refractivity contribution in [3.63, 3.8) is 0 Å². The lowest BCUT2D eigenvalue weighted by molar-refractivity contribution is 0.620. The summed E-state index contributed by atoms with van der Waals surface area (Å²) in [7, 11) is 0. The van der Waals surface area contributed by atoms with Gasteiger partial charge in [0.2, 0.25) is 11.6 Å². The molecule has 0 spiro atoms. The van der Waals surface area contributed by atoms with Crippen LogP contribution in [0.3, 0.4) is 0 Å². The van der Waals surface area contributed by atoms with Crippen molar-refractivity contribution in [2.24, 2.45) is 10.8 Å². The number of hydrogen-bond donors (Lipinski definition) is 3. The number of fused-ring (bicyclic) bond motifs is 1. The van der Waals surface area contributed by atoms with Crippen LogP contribution in [0.1, 0.15) is 0 Å². The monoisotopic (exact) mass is 380 g/mol. The van der Waals surface area contributed by atoms with E-state index < -0.39 is 5.84 Å². The van der Waals surface area contributed by atoms with Gasteiger partial charge in [-0.3, -0.25) is 10.8 Å². The van der Waals surface area contributed by atoms with E-state index in [2.05, 4.69) is 27.6 Å². The molecule has 0 aliphatic heterocycles. The average molecular weight is 380 g/mol. The predicted molar refractivity (Wildman–Crippen MR) is 113 cm³/mol. The number of amidine groups is 1. The van der Waals surface area contributed by atoms with Gasteiger partial charge in [-0.1, -0.05) is 42.5 Å². The van der Waals surface area contributed by atoms with Gasteiger partial charge in [0.15, 0.2) is 11.4 Å². The van der Waals surface area contributed by atoms with Crippen LogP contribution in [0.25, 0.3) is 33.7 Å². The summed E-state index contributed by atoms with van der Waals surface area (Å²) < 4.78 is 5.86. The predicted octanol–water partition coefficient (Wildman–Crippen LogP) is 4.39. The summed E-state index contributed by atoms with van der Waals surface area (Å²) >= 11 is 0. The Kier molecular flexibility index (Phi) is 4.74. The van der Waals surface area contributed by atoms with E-state index in [4.69, 9.17) is 20.8 Å². The minimum absolute atomic E-state index is 0.190. The molecule has 29 heavy (non-hydrogen) atoms. The SMILES string of the molecule is N#C/C(=N\Nc1ccc2oc(-c3ccc(-c4ccccc4)cc3)nc2c1)C(=N)N. The van der Waals surface area contributed by atoms with Crippen molar-refractivity contribution in [3.05, 3.63) is 72.8 Å². The fourth-order valence-electron chi connectivity index (χ4n) is 2.82. The number of rotatable bonds is 5. The fraction of sp³-hybridized carbons (Fsp3) is 0. The van der Waals surface area contributed by atoms with Crippen molar-refractivity contribution >= 4 is 28.3 Å². The third-order valence-electron chi connectivity index (χ3n) is 4.28. The third kappa shape index (κ3) is 3.82. The van der Waals surface area contributed by atoms with Gasteiger partial charge < -0.3 is 10.2 Å². The molecule has 0 saturated heterocycles. The molecular formula is C22H16N6O. The van der Waals surface area contributed by atoms with Crippen LogP contribution in [-0.2, 0) is 0 Å². The maximum absolute atomic E-state index is 8.90. The van der Waals surface area contributed by atoms with Crippen molar-refractivity contribution in [1.82, 2.24) is 4.98 Å². The quantitative estimate of drug-likeness (QED) is 0.269. The highest BCUT2D eigenvalue weighted by Crippen LogP contribution is 2.28. The molecule has 1 heterocycles. The molecule has 0 bridgehead atoms. The van der Waals surface area contributed by atoms with E-state index in [-0.39, 0.29) is 5.71 Å². The highest BCUT2D eigenvalue weighted by atomic mass is 16.3. The largest absolute Gasteiger partial charge is 0.436 e. The van der Waals surface area contributed by atoms with Gasteiger partial charge in [-0.15, -0.1) is 0 Å².